The Hall–Kier alpha value is -2.24. The van der Waals surface area contributed by atoms with E-state index in [1.807, 2.05) is 20.8 Å². The lowest BCUT2D eigenvalue weighted by atomic mass is 9.92. The molecule has 1 aliphatic heterocycles. The average Bonchev–Trinajstić information content (AvgIpc) is 2.56. The van der Waals surface area contributed by atoms with E-state index in [1.165, 1.54) is 4.90 Å². The monoisotopic (exact) mass is 320 g/mol. The summed E-state index contributed by atoms with van der Waals surface area (Å²) in [6, 6.07) is 5.11. The molecule has 6 nitrogen and oxygen atoms in total. The van der Waals surface area contributed by atoms with Crippen molar-refractivity contribution in [1.29, 1.82) is 0 Å². The number of nitrogens with zero attached hydrogens (tertiary/aromatic N) is 1. The number of fused-ring (bicyclic) bond motifs is 1. The van der Waals surface area contributed by atoms with E-state index in [4.69, 9.17) is 15.2 Å². The molecule has 0 unspecified atom stereocenters. The van der Waals surface area contributed by atoms with Gasteiger partial charge in [0.25, 0.3) is 5.91 Å². The third-order valence-electron chi connectivity index (χ3n) is 4.11. The Kier molecular flexibility index (Phi) is 5.13. The molecule has 0 saturated carbocycles. The van der Waals surface area contributed by atoms with Crippen LogP contribution in [0.4, 0.5) is 11.4 Å². The molecule has 0 aromatic heterocycles. The molecule has 0 saturated heterocycles. The SMILES string of the molecule is CCCOC(=O)CN1C(=O)C(CC)(CC)Oc2ccc(N)cc21. The Morgan fingerprint density at radius 2 is 2.00 bits per heavy atom. The Balaban J connectivity index is 2.39. The maximum Gasteiger partial charge on any atom is 0.326 e. The standard InChI is InChI=1S/C17H24N2O4/c1-4-9-22-15(20)11-19-13-10-12(18)7-8-14(13)23-17(5-2,6-3)16(19)21/h7-8,10H,4-6,9,11,18H2,1-3H3. The molecule has 1 aromatic rings. The first-order valence-corrected chi connectivity index (χ1v) is 8.03. The van der Waals surface area contributed by atoms with Gasteiger partial charge in [0.1, 0.15) is 12.3 Å². The number of hydrogen-bond acceptors (Lipinski definition) is 5. The zero-order valence-electron chi connectivity index (χ0n) is 13.9. The second-order valence-corrected chi connectivity index (χ2v) is 5.64. The van der Waals surface area contributed by atoms with Crippen LogP contribution in [-0.2, 0) is 14.3 Å². The Bertz CT molecular complexity index is 596. The predicted octanol–water partition coefficient (Wildman–Crippen LogP) is 2.51. The van der Waals surface area contributed by atoms with Gasteiger partial charge in [-0.1, -0.05) is 20.8 Å². The van der Waals surface area contributed by atoms with Gasteiger partial charge in [-0.2, -0.15) is 0 Å². The number of benzene rings is 1. The van der Waals surface area contributed by atoms with Crippen molar-refractivity contribution in [2.45, 2.75) is 45.6 Å². The molecule has 2 rings (SSSR count). The van der Waals surface area contributed by atoms with E-state index in [9.17, 15) is 9.59 Å². The van der Waals surface area contributed by atoms with Crippen LogP contribution in [-0.4, -0.2) is 30.6 Å². The number of nitrogen functional groups attached to an aromatic ring is 1. The Morgan fingerprint density at radius 1 is 1.30 bits per heavy atom. The minimum Gasteiger partial charge on any atom is -0.475 e. The van der Waals surface area contributed by atoms with Crippen molar-refractivity contribution in [3.05, 3.63) is 18.2 Å². The summed E-state index contributed by atoms with van der Waals surface area (Å²) in [5.41, 5.74) is 5.90. The average molecular weight is 320 g/mol. The molecule has 0 radical (unpaired) electrons. The molecule has 126 valence electrons. The van der Waals surface area contributed by atoms with Gasteiger partial charge >= 0.3 is 5.97 Å². The van der Waals surface area contributed by atoms with Crippen LogP contribution in [0, 0.1) is 0 Å². The van der Waals surface area contributed by atoms with Gasteiger partial charge in [-0.25, -0.2) is 0 Å². The number of hydrogen-bond donors (Lipinski definition) is 1. The molecule has 1 aliphatic rings. The molecule has 1 amide bonds. The van der Waals surface area contributed by atoms with Crippen molar-refractivity contribution in [3.63, 3.8) is 0 Å². The highest BCUT2D eigenvalue weighted by molar-refractivity contribution is 6.05. The third-order valence-corrected chi connectivity index (χ3v) is 4.11. The van der Waals surface area contributed by atoms with Crippen LogP contribution in [0.25, 0.3) is 0 Å². The van der Waals surface area contributed by atoms with Gasteiger partial charge in [-0.15, -0.1) is 0 Å². The Morgan fingerprint density at radius 3 is 2.61 bits per heavy atom. The summed E-state index contributed by atoms with van der Waals surface area (Å²) < 4.78 is 11.1. The fourth-order valence-corrected chi connectivity index (χ4v) is 2.69. The van der Waals surface area contributed by atoms with E-state index in [2.05, 4.69) is 0 Å². The van der Waals surface area contributed by atoms with Crippen LogP contribution in [0.2, 0.25) is 0 Å². The minimum absolute atomic E-state index is 0.138. The van der Waals surface area contributed by atoms with Crippen molar-refractivity contribution < 1.29 is 19.1 Å². The first kappa shape index (κ1) is 17.1. The highest BCUT2D eigenvalue weighted by atomic mass is 16.5. The van der Waals surface area contributed by atoms with Crippen molar-refractivity contribution in [2.24, 2.45) is 0 Å². The maximum absolute atomic E-state index is 12.9. The van der Waals surface area contributed by atoms with Gasteiger partial charge in [-0.3, -0.25) is 14.5 Å². The molecular formula is C17H24N2O4. The zero-order valence-corrected chi connectivity index (χ0v) is 13.9. The van der Waals surface area contributed by atoms with E-state index < -0.39 is 11.6 Å². The fourth-order valence-electron chi connectivity index (χ4n) is 2.69. The lowest BCUT2D eigenvalue weighted by molar-refractivity contribution is -0.145. The highest BCUT2D eigenvalue weighted by Gasteiger charge is 2.46. The smallest absolute Gasteiger partial charge is 0.326 e. The van der Waals surface area contributed by atoms with E-state index in [0.717, 1.165) is 6.42 Å². The van der Waals surface area contributed by atoms with E-state index >= 15 is 0 Å². The van der Waals surface area contributed by atoms with E-state index in [1.54, 1.807) is 18.2 Å². The lowest BCUT2D eigenvalue weighted by Gasteiger charge is -2.41. The van der Waals surface area contributed by atoms with Gasteiger partial charge in [0.15, 0.2) is 5.60 Å². The highest BCUT2D eigenvalue weighted by Crippen LogP contribution is 2.41. The second kappa shape index (κ2) is 6.89. The molecule has 0 spiro atoms. The van der Waals surface area contributed by atoms with Crippen molar-refractivity contribution in [2.75, 3.05) is 23.8 Å². The molecule has 23 heavy (non-hydrogen) atoms. The summed E-state index contributed by atoms with van der Waals surface area (Å²) in [5, 5.41) is 0. The van der Waals surface area contributed by atoms with Crippen LogP contribution < -0.4 is 15.4 Å². The van der Waals surface area contributed by atoms with E-state index in [0.29, 0.717) is 36.6 Å². The van der Waals surface area contributed by atoms with Gasteiger partial charge in [-0.05, 0) is 37.5 Å². The predicted molar refractivity (Wildman–Crippen MR) is 88.4 cm³/mol. The molecule has 0 atom stereocenters. The van der Waals surface area contributed by atoms with Gasteiger partial charge in [0.2, 0.25) is 0 Å². The van der Waals surface area contributed by atoms with E-state index in [-0.39, 0.29) is 12.5 Å². The number of rotatable bonds is 6. The minimum atomic E-state index is -0.950. The van der Waals surface area contributed by atoms with Gasteiger partial charge < -0.3 is 15.2 Å². The zero-order chi connectivity index (χ0) is 17.0. The van der Waals surface area contributed by atoms with Crippen molar-refractivity contribution in [1.82, 2.24) is 0 Å². The fraction of sp³-hybridized carbons (Fsp3) is 0.529. The van der Waals surface area contributed by atoms with Crippen LogP contribution in [0.5, 0.6) is 5.75 Å². The van der Waals surface area contributed by atoms with Crippen LogP contribution >= 0.6 is 0 Å². The lowest BCUT2D eigenvalue weighted by Crippen LogP contribution is -2.56. The number of amides is 1. The summed E-state index contributed by atoms with van der Waals surface area (Å²) in [7, 11) is 0. The second-order valence-electron chi connectivity index (χ2n) is 5.64. The molecule has 0 bridgehead atoms. The number of esters is 1. The topological polar surface area (TPSA) is 81.9 Å². The molecule has 0 aliphatic carbocycles. The summed E-state index contributed by atoms with van der Waals surface area (Å²) in [6.45, 7) is 5.92. The molecule has 1 heterocycles. The van der Waals surface area contributed by atoms with Crippen LogP contribution in [0.1, 0.15) is 40.0 Å². The van der Waals surface area contributed by atoms with Crippen LogP contribution in [0.15, 0.2) is 18.2 Å². The largest absolute Gasteiger partial charge is 0.475 e. The molecule has 2 N–H and O–H groups in total. The van der Waals surface area contributed by atoms with Gasteiger partial charge in [0.05, 0.1) is 12.3 Å². The summed E-state index contributed by atoms with van der Waals surface area (Å²) in [6.07, 6.45) is 1.78. The number of carbonyl (C=O) groups excluding carboxylic acids is 2. The normalized spacial score (nSPS) is 15.8. The molecule has 1 aromatic carbocycles. The maximum atomic E-state index is 12.9. The summed E-state index contributed by atoms with van der Waals surface area (Å²) in [4.78, 5) is 26.4. The van der Waals surface area contributed by atoms with Crippen LogP contribution in [0.3, 0.4) is 0 Å². The Labute approximate surface area is 136 Å². The molecular weight excluding hydrogens is 296 g/mol. The first-order chi connectivity index (χ1) is 11.0. The van der Waals surface area contributed by atoms with Crippen molar-refractivity contribution >= 4 is 23.3 Å². The third kappa shape index (κ3) is 3.25. The number of ether oxygens (including phenoxy) is 2. The van der Waals surface area contributed by atoms with Gasteiger partial charge in [0, 0.05) is 5.69 Å². The quantitative estimate of drug-likeness (QED) is 0.643. The number of anilines is 2. The number of carbonyl (C=O) groups is 2. The summed E-state index contributed by atoms with van der Waals surface area (Å²) >= 11 is 0. The van der Waals surface area contributed by atoms with Crippen molar-refractivity contribution in [3.8, 4) is 5.75 Å². The number of nitrogens with two attached hydrogens (primary N) is 1. The molecule has 0 fully saturated rings. The first-order valence-electron chi connectivity index (χ1n) is 8.03. The summed E-state index contributed by atoms with van der Waals surface area (Å²) in [5.74, 6) is -0.101. The molecule has 6 heteroatoms.